The fraction of sp³-hybridized carbons (Fsp3) is 0.429. The van der Waals surface area contributed by atoms with Crippen molar-refractivity contribution in [1.82, 2.24) is 0 Å². The van der Waals surface area contributed by atoms with Crippen molar-refractivity contribution in [1.29, 1.82) is 0 Å². The summed E-state index contributed by atoms with van der Waals surface area (Å²) >= 11 is 5.56. The zero-order valence-corrected chi connectivity index (χ0v) is 11.2. The lowest BCUT2D eigenvalue weighted by atomic mass is 10.1. The maximum absolute atomic E-state index is 5.67. The van der Waals surface area contributed by atoms with Gasteiger partial charge in [0.05, 0.1) is 17.5 Å². The van der Waals surface area contributed by atoms with Crippen LogP contribution >= 0.6 is 11.6 Å². The molecule has 0 spiro atoms. The summed E-state index contributed by atoms with van der Waals surface area (Å²) in [6.45, 7) is 4.49. The Morgan fingerprint density at radius 3 is 2.82 bits per heavy atom. The third kappa shape index (κ3) is 4.68. The van der Waals surface area contributed by atoms with Crippen molar-refractivity contribution in [3.63, 3.8) is 0 Å². The molecule has 0 fully saturated rings. The average molecular weight is 253 g/mol. The highest BCUT2D eigenvalue weighted by atomic mass is 35.5. The van der Waals surface area contributed by atoms with Crippen molar-refractivity contribution in [2.24, 2.45) is 0 Å². The van der Waals surface area contributed by atoms with E-state index in [9.17, 15) is 0 Å². The van der Waals surface area contributed by atoms with Crippen LogP contribution in [0.4, 0.5) is 0 Å². The molecule has 1 unspecified atom stereocenters. The fourth-order valence-electron chi connectivity index (χ4n) is 1.27. The maximum Gasteiger partial charge on any atom is 0.135 e. The van der Waals surface area contributed by atoms with E-state index in [0.717, 1.165) is 16.9 Å². The minimum atomic E-state index is 0.0603. The molecule has 0 amide bonds. The molecule has 1 atom stereocenters. The monoisotopic (exact) mass is 252 g/mol. The van der Waals surface area contributed by atoms with Crippen LogP contribution in [0.2, 0.25) is 0 Å². The van der Waals surface area contributed by atoms with Crippen LogP contribution in [0.25, 0.3) is 0 Å². The number of alkyl halides is 1. The van der Waals surface area contributed by atoms with Crippen LogP contribution in [0.1, 0.15) is 18.1 Å². The fourth-order valence-corrected chi connectivity index (χ4v) is 1.34. The first-order valence-electron chi connectivity index (χ1n) is 5.48. The Kier molecular flexibility index (Phi) is 5.90. The molecule has 1 aromatic carbocycles. The molecule has 0 aliphatic heterocycles. The van der Waals surface area contributed by atoms with Gasteiger partial charge in [-0.05, 0) is 31.5 Å². The number of methoxy groups -OCH3 is 1. The molecule has 0 saturated carbocycles. The van der Waals surface area contributed by atoms with Gasteiger partial charge in [0.15, 0.2) is 0 Å². The molecule has 0 saturated heterocycles. The Bertz CT molecular complexity index is 418. The van der Waals surface area contributed by atoms with E-state index in [1.807, 2.05) is 32.0 Å². The minimum absolute atomic E-state index is 0.0603. The summed E-state index contributed by atoms with van der Waals surface area (Å²) < 4.78 is 10.8. The molecular weight excluding hydrogens is 236 g/mol. The van der Waals surface area contributed by atoms with Crippen molar-refractivity contribution in [3.05, 3.63) is 29.3 Å². The van der Waals surface area contributed by atoms with Gasteiger partial charge in [-0.2, -0.15) is 0 Å². The molecule has 17 heavy (non-hydrogen) atoms. The molecule has 1 rings (SSSR count). The number of rotatable bonds is 4. The molecule has 0 aliphatic rings. The van der Waals surface area contributed by atoms with E-state index in [1.54, 1.807) is 7.11 Å². The zero-order chi connectivity index (χ0) is 12.7. The summed E-state index contributed by atoms with van der Waals surface area (Å²) in [4.78, 5) is 0. The van der Waals surface area contributed by atoms with Crippen molar-refractivity contribution in [2.75, 3.05) is 19.6 Å². The van der Waals surface area contributed by atoms with Crippen LogP contribution in [0.15, 0.2) is 18.2 Å². The standard InChI is InChI=1S/C14H17ClO2/c1-11-6-7-14(17-10-12(2)16-3)13(9-11)5-4-8-15/h6-7,9,12H,8,10H2,1-3H3. The quantitative estimate of drug-likeness (QED) is 0.606. The average Bonchev–Trinajstić information content (AvgIpc) is 2.34. The number of hydrogen-bond acceptors (Lipinski definition) is 2. The summed E-state index contributed by atoms with van der Waals surface area (Å²) in [6, 6.07) is 5.92. The van der Waals surface area contributed by atoms with Gasteiger partial charge >= 0.3 is 0 Å². The first-order chi connectivity index (χ1) is 8.17. The van der Waals surface area contributed by atoms with E-state index in [1.165, 1.54) is 0 Å². The van der Waals surface area contributed by atoms with E-state index in [4.69, 9.17) is 21.1 Å². The summed E-state index contributed by atoms with van der Waals surface area (Å²) in [6.07, 6.45) is 0.0603. The van der Waals surface area contributed by atoms with Crippen molar-refractivity contribution in [3.8, 4) is 17.6 Å². The number of ether oxygens (including phenoxy) is 2. The highest BCUT2D eigenvalue weighted by Gasteiger charge is 2.05. The van der Waals surface area contributed by atoms with Crippen LogP contribution in [-0.4, -0.2) is 25.7 Å². The topological polar surface area (TPSA) is 18.5 Å². The highest BCUT2D eigenvalue weighted by molar-refractivity contribution is 6.19. The molecular formula is C14H17ClO2. The van der Waals surface area contributed by atoms with Crippen molar-refractivity contribution >= 4 is 11.6 Å². The number of hydrogen-bond donors (Lipinski definition) is 0. The second-order valence-electron chi connectivity index (χ2n) is 3.79. The molecule has 0 heterocycles. The summed E-state index contributed by atoms with van der Waals surface area (Å²) in [5.74, 6) is 6.93. The first-order valence-corrected chi connectivity index (χ1v) is 6.02. The van der Waals surface area contributed by atoms with E-state index >= 15 is 0 Å². The van der Waals surface area contributed by atoms with Crippen LogP contribution in [0.5, 0.6) is 5.75 Å². The van der Waals surface area contributed by atoms with Crippen LogP contribution < -0.4 is 4.74 Å². The Hall–Kier alpha value is -1.17. The predicted octanol–water partition coefficient (Wildman–Crippen LogP) is 3.00. The molecule has 1 aromatic rings. The molecule has 0 radical (unpaired) electrons. The largest absolute Gasteiger partial charge is 0.490 e. The third-order valence-electron chi connectivity index (χ3n) is 2.30. The molecule has 2 nitrogen and oxygen atoms in total. The van der Waals surface area contributed by atoms with Crippen LogP contribution in [0.3, 0.4) is 0 Å². The smallest absolute Gasteiger partial charge is 0.135 e. The van der Waals surface area contributed by atoms with E-state index in [-0.39, 0.29) is 6.10 Å². The van der Waals surface area contributed by atoms with Gasteiger partial charge in [-0.1, -0.05) is 17.9 Å². The van der Waals surface area contributed by atoms with Crippen molar-refractivity contribution in [2.45, 2.75) is 20.0 Å². The van der Waals surface area contributed by atoms with Gasteiger partial charge in [0.25, 0.3) is 0 Å². The van der Waals surface area contributed by atoms with Gasteiger partial charge in [0, 0.05) is 7.11 Å². The van der Waals surface area contributed by atoms with E-state index < -0.39 is 0 Å². The van der Waals surface area contributed by atoms with Gasteiger partial charge in [-0.3, -0.25) is 0 Å². The molecule has 3 heteroatoms. The molecule has 0 aliphatic carbocycles. The van der Waals surface area contributed by atoms with Gasteiger partial charge in [-0.15, -0.1) is 11.6 Å². The molecule has 0 bridgehead atoms. The Balaban J connectivity index is 2.82. The van der Waals surface area contributed by atoms with Gasteiger partial charge in [-0.25, -0.2) is 0 Å². The number of benzene rings is 1. The number of aryl methyl sites for hydroxylation is 1. The van der Waals surface area contributed by atoms with Crippen LogP contribution in [-0.2, 0) is 4.74 Å². The van der Waals surface area contributed by atoms with Gasteiger partial charge < -0.3 is 9.47 Å². The SMILES string of the molecule is COC(C)COc1ccc(C)cc1C#CCCl. The van der Waals surface area contributed by atoms with E-state index in [2.05, 4.69) is 11.8 Å². The third-order valence-corrected chi connectivity index (χ3v) is 2.43. The minimum Gasteiger partial charge on any atom is -0.490 e. The van der Waals surface area contributed by atoms with Crippen LogP contribution in [0, 0.1) is 18.8 Å². The maximum atomic E-state index is 5.67. The highest BCUT2D eigenvalue weighted by Crippen LogP contribution is 2.19. The second-order valence-corrected chi connectivity index (χ2v) is 4.06. The summed E-state index contributed by atoms with van der Waals surface area (Å²) in [5, 5.41) is 0. The Labute approximate surface area is 108 Å². The molecule has 92 valence electrons. The van der Waals surface area contributed by atoms with E-state index in [0.29, 0.717) is 12.5 Å². The van der Waals surface area contributed by atoms with Gasteiger partial charge in [0.1, 0.15) is 12.4 Å². The second kappa shape index (κ2) is 7.21. The first kappa shape index (κ1) is 13.9. The Morgan fingerprint density at radius 2 is 2.18 bits per heavy atom. The summed E-state index contributed by atoms with van der Waals surface area (Å²) in [7, 11) is 1.66. The lowest BCUT2D eigenvalue weighted by Gasteiger charge is -2.13. The lowest BCUT2D eigenvalue weighted by Crippen LogP contribution is -2.16. The van der Waals surface area contributed by atoms with Crippen molar-refractivity contribution < 1.29 is 9.47 Å². The Morgan fingerprint density at radius 1 is 1.41 bits per heavy atom. The molecule has 0 N–H and O–H groups in total. The lowest BCUT2D eigenvalue weighted by molar-refractivity contribution is 0.0716. The van der Waals surface area contributed by atoms with Gasteiger partial charge in [0.2, 0.25) is 0 Å². The number of halogens is 1. The molecule has 0 aromatic heterocycles. The zero-order valence-electron chi connectivity index (χ0n) is 10.4. The normalized spacial score (nSPS) is 11.5. The summed E-state index contributed by atoms with van der Waals surface area (Å²) in [5.41, 5.74) is 2.02. The predicted molar refractivity (Wildman–Crippen MR) is 70.7 cm³/mol.